The maximum atomic E-state index is 13.8. The second-order valence-electron chi connectivity index (χ2n) is 4.14. The van der Waals surface area contributed by atoms with Crippen LogP contribution in [0, 0.1) is 5.82 Å². The Kier molecular flexibility index (Phi) is 2.97. The Bertz CT molecular complexity index is 502. The highest BCUT2D eigenvalue weighted by Crippen LogP contribution is 2.29. The molecular weight excluding hydrogens is 203 g/mol. The van der Waals surface area contributed by atoms with Gasteiger partial charge in [0.25, 0.3) is 0 Å². The number of halogens is 1. The Labute approximate surface area is 94.9 Å². The van der Waals surface area contributed by atoms with Crippen molar-refractivity contribution in [2.45, 2.75) is 26.3 Å². The summed E-state index contributed by atoms with van der Waals surface area (Å²) >= 11 is 0. The molecule has 2 N–H and O–H groups in total. The number of nitrogens with zero attached hydrogens (tertiary/aromatic N) is 1. The SMILES string of the molecule is CCn1cc(C(C)CN)c2c(F)cccc21. The smallest absolute Gasteiger partial charge is 0.132 e. The second kappa shape index (κ2) is 4.26. The molecule has 1 heterocycles. The molecule has 0 aliphatic rings. The highest BCUT2D eigenvalue weighted by atomic mass is 19.1. The van der Waals surface area contributed by atoms with Crippen LogP contribution in [0.5, 0.6) is 0 Å². The molecule has 0 saturated heterocycles. The number of nitrogens with two attached hydrogens (primary N) is 1. The normalized spacial score (nSPS) is 13.2. The molecule has 1 aromatic heterocycles. The van der Waals surface area contributed by atoms with E-state index >= 15 is 0 Å². The third kappa shape index (κ3) is 1.61. The first-order valence-electron chi connectivity index (χ1n) is 5.66. The van der Waals surface area contributed by atoms with Crippen molar-refractivity contribution in [1.29, 1.82) is 0 Å². The number of hydrogen-bond acceptors (Lipinski definition) is 1. The molecule has 2 rings (SSSR count). The van der Waals surface area contributed by atoms with Crippen LogP contribution in [0.2, 0.25) is 0 Å². The van der Waals surface area contributed by atoms with E-state index in [4.69, 9.17) is 5.73 Å². The van der Waals surface area contributed by atoms with Gasteiger partial charge in [-0.1, -0.05) is 13.0 Å². The fourth-order valence-electron chi connectivity index (χ4n) is 2.10. The molecule has 0 bridgehead atoms. The number of rotatable bonds is 3. The fraction of sp³-hybridized carbons (Fsp3) is 0.385. The Hall–Kier alpha value is -1.35. The zero-order chi connectivity index (χ0) is 11.7. The summed E-state index contributed by atoms with van der Waals surface area (Å²) in [5.41, 5.74) is 7.63. The maximum Gasteiger partial charge on any atom is 0.132 e. The van der Waals surface area contributed by atoms with Crippen LogP contribution in [-0.2, 0) is 6.54 Å². The first-order chi connectivity index (χ1) is 7.69. The molecule has 0 aliphatic carbocycles. The van der Waals surface area contributed by atoms with Gasteiger partial charge in [-0.2, -0.15) is 0 Å². The van der Waals surface area contributed by atoms with Gasteiger partial charge in [0, 0.05) is 18.1 Å². The van der Waals surface area contributed by atoms with E-state index in [0.717, 1.165) is 23.0 Å². The summed E-state index contributed by atoms with van der Waals surface area (Å²) in [6.07, 6.45) is 2.02. The van der Waals surface area contributed by atoms with Gasteiger partial charge in [0.1, 0.15) is 5.82 Å². The Balaban J connectivity index is 2.74. The fourth-order valence-corrected chi connectivity index (χ4v) is 2.10. The van der Waals surface area contributed by atoms with Crippen molar-refractivity contribution < 1.29 is 4.39 Å². The summed E-state index contributed by atoms with van der Waals surface area (Å²) in [4.78, 5) is 0. The Morgan fingerprint density at radius 3 is 2.81 bits per heavy atom. The number of hydrogen-bond donors (Lipinski definition) is 1. The lowest BCUT2D eigenvalue weighted by Gasteiger charge is -2.06. The molecule has 0 fully saturated rings. The molecule has 16 heavy (non-hydrogen) atoms. The van der Waals surface area contributed by atoms with Gasteiger partial charge >= 0.3 is 0 Å². The van der Waals surface area contributed by atoms with Gasteiger partial charge < -0.3 is 10.3 Å². The minimum absolute atomic E-state index is 0.153. The maximum absolute atomic E-state index is 13.8. The van der Waals surface area contributed by atoms with Crippen LogP contribution in [0.4, 0.5) is 4.39 Å². The van der Waals surface area contributed by atoms with Crippen LogP contribution in [0.25, 0.3) is 10.9 Å². The average molecular weight is 220 g/mol. The topological polar surface area (TPSA) is 30.9 Å². The third-order valence-corrected chi connectivity index (χ3v) is 3.11. The van der Waals surface area contributed by atoms with Crippen molar-refractivity contribution in [3.05, 3.63) is 35.8 Å². The summed E-state index contributed by atoms with van der Waals surface area (Å²) < 4.78 is 15.9. The zero-order valence-electron chi connectivity index (χ0n) is 9.70. The van der Waals surface area contributed by atoms with E-state index in [1.807, 2.05) is 19.2 Å². The Morgan fingerprint density at radius 1 is 1.44 bits per heavy atom. The number of fused-ring (bicyclic) bond motifs is 1. The largest absolute Gasteiger partial charge is 0.347 e. The van der Waals surface area contributed by atoms with Crippen LogP contribution in [0.15, 0.2) is 24.4 Å². The van der Waals surface area contributed by atoms with Gasteiger partial charge in [0.2, 0.25) is 0 Å². The zero-order valence-corrected chi connectivity index (χ0v) is 9.70. The first kappa shape index (κ1) is 11.1. The molecule has 1 atom stereocenters. The molecular formula is C13H17FN2. The van der Waals surface area contributed by atoms with Crippen molar-refractivity contribution in [3.63, 3.8) is 0 Å². The van der Waals surface area contributed by atoms with Gasteiger partial charge in [-0.25, -0.2) is 4.39 Å². The number of aromatic nitrogens is 1. The van der Waals surface area contributed by atoms with Crippen molar-refractivity contribution in [3.8, 4) is 0 Å². The predicted octanol–water partition coefficient (Wildman–Crippen LogP) is 2.86. The second-order valence-corrected chi connectivity index (χ2v) is 4.14. The summed E-state index contributed by atoms with van der Waals surface area (Å²) in [5.74, 6) is 0.0344. The van der Waals surface area contributed by atoms with E-state index in [1.165, 1.54) is 6.07 Å². The van der Waals surface area contributed by atoms with Crippen LogP contribution in [0.3, 0.4) is 0 Å². The van der Waals surface area contributed by atoms with E-state index in [9.17, 15) is 4.39 Å². The quantitative estimate of drug-likeness (QED) is 0.847. The van der Waals surface area contributed by atoms with Gasteiger partial charge in [0.05, 0.1) is 5.52 Å². The average Bonchev–Trinajstić information content (AvgIpc) is 2.68. The number of benzene rings is 1. The van der Waals surface area contributed by atoms with Crippen molar-refractivity contribution in [1.82, 2.24) is 4.57 Å². The van der Waals surface area contributed by atoms with Gasteiger partial charge in [0.15, 0.2) is 0 Å². The van der Waals surface area contributed by atoms with Crippen LogP contribution >= 0.6 is 0 Å². The minimum Gasteiger partial charge on any atom is -0.347 e. The molecule has 0 amide bonds. The molecule has 0 aliphatic heterocycles. The lowest BCUT2D eigenvalue weighted by atomic mass is 10.0. The minimum atomic E-state index is -0.153. The summed E-state index contributed by atoms with van der Waals surface area (Å²) in [6.45, 7) is 5.47. The highest BCUT2D eigenvalue weighted by molar-refractivity contribution is 5.85. The van der Waals surface area contributed by atoms with E-state index < -0.39 is 0 Å². The van der Waals surface area contributed by atoms with Crippen LogP contribution < -0.4 is 5.73 Å². The van der Waals surface area contributed by atoms with Crippen LogP contribution in [-0.4, -0.2) is 11.1 Å². The molecule has 3 heteroatoms. The molecule has 1 unspecified atom stereocenters. The molecule has 2 aromatic rings. The van der Waals surface area contributed by atoms with E-state index in [2.05, 4.69) is 11.5 Å². The van der Waals surface area contributed by atoms with Crippen molar-refractivity contribution in [2.24, 2.45) is 5.73 Å². The standard InChI is InChI=1S/C13H17FN2/c1-3-16-8-10(9(2)7-15)13-11(14)5-4-6-12(13)16/h4-6,8-9H,3,7,15H2,1-2H3. The Morgan fingerprint density at radius 2 is 2.19 bits per heavy atom. The first-order valence-corrected chi connectivity index (χ1v) is 5.66. The lowest BCUT2D eigenvalue weighted by Crippen LogP contribution is -2.08. The van der Waals surface area contributed by atoms with Crippen LogP contribution in [0.1, 0.15) is 25.3 Å². The monoisotopic (exact) mass is 220 g/mol. The molecule has 86 valence electrons. The third-order valence-electron chi connectivity index (χ3n) is 3.11. The predicted molar refractivity (Wildman–Crippen MR) is 65.0 cm³/mol. The van der Waals surface area contributed by atoms with E-state index in [-0.39, 0.29) is 11.7 Å². The molecule has 0 saturated carbocycles. The van der Waals surface area contributed by atoms with Gasteiger partial charge in [-0.3, -0.25) is 0 Å². The van der Waals surface area contributed by atoms with E-state index in [0.29, 0.717) is 6.54 Å². The molecule has 2 nitrogen and oxygen atoms in total. The lowest BCUT2D eigenvalue weighted by molar-refractivity contribution is 0.637. The molecule has 1 aromatic carbocycles. The highest BCUT2D eigenvalue weighted by Gasteiger charge is 2.15. The summed E-state index contributed by atoms with van der Waals surface area (Å²) in [6, 6.07) is 5.21. The summed E-state index contributed by atoms with van der Waals surface area (Å²) in [7, 11) is 0. The summed E-state index contributed by atoms with van der Waals surface area (Å²) in [5, 5.41) is 0.724. The van der Waals surface area contributed by atoms with Crippen molar-refractivity contribution in [2.75, 3.05) is 6.54 Å². The number of aryl methyl sites for hydroxylation is 1. The van der Waals surface area contributed by atoms with E-state index in [1.54, 1.807) is 6.07 Å². The molecule has 0 radical (unpaired) electrons. The van der Waals surface area contributed by atoms with Gasteiger partial charge in [-0.05, 0) is 37.1 Å². The molecule has 0 spiro atoms. The van der Waals surface area contributed by atoms with Gasteiger partial charge in [-0.15, -0.1) is 0 Å². The van der Waals surface area contributed by atoms with Crippen molar-refractivity contribution >= 4 is 10.9 Å².